The van der Waals surface area contributed by atoms with Crippen LogP contribution in [0, 0.1) is 11.8 Å². The van der Waals surface area contributed by atoms with Crippen molar-refractivity contribution in [2.45, 2.75) is 42.4 Å². The minimum atomic E-state index is -3.21. The number of carbonyl (C=O) groups is 1. The third-order valence-electron chi connectivity index (χ3n) is 5.21. The van der Waals surface area contributed by atoms with Crippen LogP contribution >= 0.6 is 0 Å². The van der Waals surface area contributed by atoms with E-state index in [-0.39, 0.29) is 11.3 Å². The summed E-state index contributed by atoms with van der Waals surface area (Å²) in [4.78, 5) is 11.7. The lowest BCUT2D eigenvalue weighted by Gasteiger charge is -2.24. The first-order chi connectivity index (χ1) is 9.85. The highest BCUT2D eigenvalue weighted by Gasteiger charge is 2.63. The molecule has 0 aromatic heterocycles. The van der Waals surface area contributed by atoms with Gasteiger partial charge in [0.15, 0.2) is 9.84 Å². The fourth-order valence-corrected chi connectivity index (χ4v) is 4.68. The Morgan fingerprint density at radius 1 is 1.19 bits per heavy atom. The van der Waals surface area contributed by atoms with E-state index < -0.39 is 15.8 Å². The van der Waals surface area contributed by atoms with Crippen molar-refractivity contribution >= 4 is 15.8 Å². The number of rotatable bonds is 4. The maximum Gasteiger partial charge on any atom is 0.307 e. The molecule has 5 heteroatoms. The Kier molecular flexibility index (Phi) is 3.35. The van der Waals surface area contributed by atoms with E-state index in [4.69, 9.17) is 0 Å². The summed E-state index contributed by atoms with van der Waals surface area (Å²) in [6.07, 6.45) is 6.37. The lowest BCUT2D eigenvalue weighted by atomic mass is 9.79. The number of hydrogen-bond acceptors (Lipinski definition) is 3. The molecule has 0 heterocycles. The molecule has 1 aromatic carbocycles. The Balaban J connectivity index is 1.97. The quantitative estimate of drug-likeness (QED) is 0.928. The molecule has 2 aliphatic carbocycles. The molecule has 4 nitrogen and oxygen atoms in total. The molecule has 2 saturated carbocycles. The van der Waals surface area contributed by atoms with Crippen molar-refractivity contribution < 1.29 is 18.3 Å². The molecule has 1 N–H and O–H groups in total. The van der Waals surface area contributed by atoms with Crippen LogP contribution in [0.1, 0.15) is 37.7 Å². The monoisotopic (exact) mass is 308 g/mol. The maximum absolute atomic E-state index is 11.5. The van der Waals surface area contributed by atoms with Crippen LogP contribution in [0.4, 0.5) is 0 Å². The number of aliphatic carboxylic acids is 1. The van der Waals surface area contributed by atoms with Crippen molar-refractivity contribution in [3.05, 3.63) is 29.8 Å². The van der Waals surface area contributed by atoms with Gasteiger partial charge in [-0.3, -0.25) is 4.79 Å². The SMILES string of the molecule is CS(=O)(=O)c1ccc(C2(C3CCCC3)CC2C(=O)O)cc1. The van der Waals surface area contributed by atoms with Crippen molar-refractivity contribution in [2.75, 3.05) is 6.26 Å². The van der Waals surface area contributed by atoms with Crippen molar-refractivity contribution in [2.24, 2.45) is 11.8 Å². The molecule has 0 spiro atoms. The van der Waals surface area contributed by atoms with Gasteiger partial charge in [0.05, 0.1) is 10.8 Å². The zero-order valence-corrected chi connectivity index (χ0v) is 12.9. The smallest absolute Gasteiger partial charge is 0.307 e. The lowest BCUT2D eigenvalue weighted by molar-refractivity contribution is -0.139. The molecule has 2 atom stereocenters. The van der Waals surface area contributed by atoms with E-state index in [2.05, 4.69) is 0 Å². The summed E-state index contributed by atoms with van der Waals surface area (Å²) in [5.41, 5.74) is 0.729. The molecule has 2 aliphatic rings. The first-order valence-corrected chi connectivity index (χ1v) is 9.28. The van der Waals surface area contributed by atoms with Gasteiger partial charge in [0.25, 0.3) is 0 Å². The summed E-state index contributed by atoms with van der Waals surface area (Å²) < 4.78 is 23.1. The zero-order chi connectivity index (χ0) is 15.3. The van der Waals surface area contributed by atoms with Crippen LogP contribution in [0.5, 0.6) is 0 Å². The number of hydrogen-bond donors (Lipinski definition) is 1. The van der Waals surface area contributed by atoms with Crippen molar-refractivity contribution in [1.82, 2.24) is 0 Å². The zero-order valence-electron chi connectivity index (χ0n) is 12.1. The highest BCUT2D eigenvalue weighted by molar-refractivity contribution is 7.90. The molecule has 0 radical (unpaired) electrons. The second kappa shape index (κ2) is 4.83. The van der Waals surface area contributed by atoms with E-state index in [1.165, 1.54) is 19.1 Å². The predicted octanol–water partition coefficient (Wildman–Crippen LogP) is 2.62. The molecular weight excluding hydrogens is 288 g/mol. The molecule has 21 heavy (non-hydrogen) atoms. The average molecular weight is 308 g/mol. The van der Waals surface area contributed by atoms with Crippen LogP contribution in [0.3, 0.4) is 0 Å². The molecule has 3 rings (SSSR count). The first kappa shape index (κ1) is 14.6. The van der Waals surface area contributed by atoms with Gasteiger partial charge < -0.3 is 5.11 Å². The molecule has 114 valence electrons. The van der Waals surface area contributed by atoms with E-state index in [0.29, 0.717) is 17.2 Å². The second-order valence-electron chi connectivity index (χ2n) is 6.41. The average Bonchev–Trinajstić information content (AvgIpc) is 2.95. The highest BCUT2D eigenvalue weighted by Crippen LogP contribution is 2.63. The molecular formula is C16H20O4S. The minimum Gasteiger partial charge on any atom is -0.481 e. The van der Waals surface area contributed by atoms with E-state index in [1.54, 1.807) is 12.1 Å². The fourth-order valence-electron chi connectivity index (χ4n) is 4.05. The van der Waals surface area contributed by atoms with Crippen molar-refractivity contribution in [1.29, 1.82) is 0 Å². The second-order valence-corrected chi connectivity index (χ2v) is 8.43. The Labute approximate surface area is 125 Å². The summed E-state index contributed by atoms with van der Waals surface area (Å²) in [7, 11) is -3.21. The van der Waals surface area contributed by atoms with Gasteiger partial charge in [-0.25, -0.2) is 8.42 Å². The highest BCUT2D eigenvalue weighted by atomic mass is 32.2. The molecule has 0 aliphatic heterocycles. The maximum atomic E-state index is 11.5. The fraction of sp³-hybridized carbons (Fsp3) is 0.562. The third kappa shape index (κ3) is 2.37. The summed E-state index contributed by atoms with van der Waals surface area (Å²) in [6, 6.07) is 6.85. The molecule has 0 bridgehead atoms. The van der Waals surface area contributed by atoms with Crippen LogP contribution in [0.15, 0.2) is 29.2 Å². The normalized spacial score (nSPS) is 29.5. The standard InChI is InChI=1S/C16H20O4S/c1-21(19,20)13-8-6-12(7-9-13)16(10-14(16)15(17)18)11-4-2-3-5-11/h6-9,11,14H,2-5,10H2,1H3,(H,17,18). The predicted molar refractivity (Wildman–Crippen MR) is 78.9 cm³/mol. The van der Waals surface area contributed by atoms with E-state index >= 15 is 0 Å². The van der Waals surface area contributed by atoms with Gasteiger partial charge >= 0.3 is 5.97 Å². The van der Waals surface area contributed by atoms with Gasteiger partial charge in [-0.1, -0.05) is 25.0 Å². The summed E-state index contributed by atoms with van der Waals surface area (Å²) in [5.74, 6) is -0.624. The lowest BCUT2D eigenvalue weighted by Crippen LogP contribution is -2.23. The summed E-state index contributed by atoms with van der Waals surface area (Å²) in [5, 5.41) is 9.40. The van der Waals surface area contributed by atoms with Crippen LogP contribution in [0.25, 0.3) is 0 Å². The molecule has 0 saturated heterocycles. The van der Waals surface area contributed by atoms with Gasteiger partial charge in [-0.05, 0) is 42.9 Å². The van der Waals surface area contributed by atoms with Gasteiger partial charge in [-0.2, -0.15) is 0 Å². The van der Waals surface area contributed by atoms with Gasteiger partial charge in [0.2, 0.25) is 0 Å². The van der Waals surface area contributed by atoms with Crippen molar-refractivity contribution in [3.63, 3.8) is 0 Å². The molecule has 1 aromatic rings. The van der Waals surface area contributed by atoms with Crippen LogP contribution in [0.2, 0.25) is 0 Å². The van der Waals surface area contributed by atoms with Crippen LogP contribution < -0.4 is 0 Å². The van der Waals surface area contributed by atoms with E-state index in [0.717, 1.165) is 18.4 Å². The molecule has 2 fully saturated rings. The molecule has 2 unspecified atom stereocenters. The van der Waals surface area contributed by atoms with Gasteiger partial charge in [0.1, 0.15) is 0 Å². The first-order valence-electron chi connectivity index (χ1n) is 7.39. The number of sulfone groups is 1. The number of carboxylic acids is 1. The number of carboxylic acid groups (broad SMARTS) is 1. The molecule has 0 amide bonds. The Morgan fingerprint density at radius 3 is 2.19 bits per heavy atom. The van der Waals surface area contributed by atoms with Crippen LogP contribution in [-0.2, 0) is 20.0 Å². The Morgan fingerprint density at radius 2 is 1.76 bits per heavy atom. The summed E-state index contributed by atoms with van der Waals surface area (Å²) in [6.45, 7) is 0. The largest absolute Gasteiger partial charge is 0.481 e. The van der Waals surface area contributed by atoms with Crippen molar-refractivity contribution in [3.8, 4) is 0 Å². The Bertz CT molecular complexity index is 656. The topological polar surface area (TPSA) is 71.4 Å². The Hall–Kier alpha value is -1.36. The van der Waals surface area contributed by atoms with E-state index in [1.807, 2.05) is 12.1 Å². The van der Waals surface area contributed by atoms with E-state index in [9.17, 15) is 18.3 Å². The van der Waals surface area contributed by atoms with Gasteiger partial charge in [-0.15, -0.1) is 0 Å². The van der Waals surface area contributed by atoms with Gasteiger partial charge in [0, 0.05) is 11.7 Å². The summed E-state index contributed by atoms with van der Waals surface area (Å²) >= 11 is 0. The minimum absolute atomic E-state index is 0.266. The number of benzene rings is 1. The van der Waals surface area contributed by atoms with Crippen LogP contribution in [-0.4, -0.2) is 25.7 Å². The third-order valence-corrected chi connectivity index (χ3v) is 6.33.